The van der Waals surface area contributed by atoms with Gasteiger partial charge in [-0.2, -0.15) is 0 Å². The maximum atomic E-state index is 14.0. The third-order valence-corrected chi connectivity index (χ3v) is 4.37. The summed E-state index contributed by atoms with van der Waals surface area (Å²) in [4.78, 5) is 8.27. The number of anilines is 1. The summed E-state index contributed by atoms with van der Waals surface area (Å²) in [5, 5.41) is 3.23. The van der Waals surface area contributed by atoms with Gasteiger partial charge >= 0.3 is 0 Å². The molecule has 5 nitrogen and oxygen atoms in total. The fourth-order valence-corrected chi connectivity index (χ4v) is 3.13. The third-order valence-electron chi connectivity index (χ3n) is 4.37. The molecule has 1 unspecified atom stereocenters. The van der Waals surface area contributed by atoms with Crippen molar-refractivity contribution in [3.8, 4) is 11.5 Å². The predicted molar refractivity (Wildman–Crippen MR) is 98.2 cm³/mol. The number of hydrogen-bond acceptors (Lipinski definition) is 5. The van der Waals surface area contributed by atoms with Gasteiger partial charge in [-0.15, -0.1) is 0 Å². The van der Waals surface area contributed by atoms with Gasteiger partial charge in [-0.05, 0) is 30.3 Å². The average molecular weight is 366 g/mol. The summed E-state index contributed by atoms with van der Waals surface area (Å²) in [5.41, 5.74) is 9.09. The van der Waals surface area contributed by atoms with Gasteiger partial charge in [0.1, 0.15) is 11.5 Å². The lowest BCUT2D eigenvalue weighted by Crippen LogP contribution is -2.11. The standard InChI is InChI=1S/C20H16F2N4O/c1-24-16-9-14(12-4-2-3-5-13(12)16)19-18(10-25-20(23)26-19)27-17-7-6-11(21)8-15(17)22/h2-10,16,24H,1H3,(H2,23,25,26). The molecule has 0 bridgehead atoms. The van der Waals surface area contributed by atoms with Crippen molar-refractivity contribution in [2.24, 2.45) is 0 Å². The first-order valence-corrected chi connectivity index (χ1v) is 8.31. The molecule has 1 aliphatic carbocycles. The highest BCUT2D eigenvalue weighted by Gasteiger charge is 2.26. The van der Waals surface area contributed by atoms with E-state index in [0.29, 0.717) is 5.69 Å². The molecule has 0 radical (unpaired) electrons. The molecule has 7 heteroatoms. The van der Waals surface area contributed by atoms with E-state index in [1.54, 1.807) is 0 Å². The highest BCUT2D eigenvalue weighted by atomic mass is 19.1. The number of fused-ring (bicyclic) bond motifs is 1. The molecule has 1 atom stereocenters. The van der Waals surface area contributed by atoms with Crippen LogP contribution in [0.5, 0.6) is 11.5 Å². The summed E-state index contributed by atoms with van der Waals surface area (Å²) >= 11 is 0. The minimum atomic E-state index is -0.813. The van der Waals surface area contributed by atoms with E-state index in [1.165, 1.54) is 12.3 Å². The van der Waals surface area contributed by atoms with Crippen LogP contribution in [0.15, 0.2) is 54.7 Å². The first kappa shape index (κ1) is 17.1. The van der Waals surface area contributed by atoms with Crippen molar-refractivity contribution in [3.05, 3.63) is 83.2 Å². The molecular formula is C20H16F2N4O. The van der Waals surface area contributed by atoms with Crippen molar-refractivity contribution in [2.45, 2.75) is 6.04 Å². The van der Waals surface area contributed by atoms with Gasteiger partial charge in [0.15, 0.2) is 17.3 Å². The molecule has 1 aromatic heterocycles. The Labute approximate surface area is 154 Å². The van der Waals surface area contributed by atoms with Crippen molar-refractivity contribution in [1.82, 2.24) is 15.3 Å². The summed E-state index contributed by atoms with van der Waals surface area (Å²) in [5.74, 6) is -1.32. The predicted octanol–water partition coefficient (Wildman–Crippen LogP) is 3.84. The van der Waals surface area contributed by atoms with E-state index < -0.39 is 11.6 Å². The van der Waals surface area contributed by atoms with Gasteiger partial charge in [0.25, 0.3) is 0 Å². The van der Waals surface area contributed by atoms with Gasteiger partial charge in [0.2, 0.25) is 5.95 Å². The lowest BCUT2D eigenvalue weighted by atomic mass is 10.0. The average Bonchev–Trinajstić information content (AvgIpc) is 3.04. The van der Waals surface area contributed by atoms with Crippen LogP contribution in [0.25, 0.3) is 5.57 Å². The van der Waals surface area contributed by atoms with Crippen LogP contribution in [-0.2, 0) is 0 Å². The molecule has 3 aromatic rings. The van der Waals surface area contributed by atoms with Crippen molar-refractivity contribution in [1.29, 1.82) is 0 Å². The van der Waals surface area contributed by atoms with E-state index in [1.807, 2.05) is 37.4 Å². The van der Waals surface area contributed by atoms with Crippen LogP contribution in [0.1, 0.15) is 22.9 Å². The smallest absolute Gasteiger partial charge is 0.220 e. The Morgan fingerprint density at radius 3 is 2.70 bits per heavy atom. The number of nitrogen functional groups attached to an aromatic ring is 1. The Morgan fingerprint density at radius 1 is 1.11 bits per heavy atom. The Kier molecular flexibility index (Phi) is 4.29. The largest absolute Gasteiger partial charge is 0.450 e. The lowest BCUT2D eigenvalue weighted by Gasteiger charge is -2.13. The normalized spacial score (nSPS) is 15.4. The number of nitrogens with one attached hydrogen (secondary N) is 1. The molecule has 1 heterocycles. The van der Waals surface area contributed by atoms with Gasteiger partial charge in [-0.3, -0.25) is 0 Å². The van der Waals surface area contributed by atoms with Crippen LogP contribution >= 0.6 is 0 Å². The molecule has 0 saturated heterocycles. The number of ether oxygens (including phenoxy) is 1. The minimum Gasteiger partial charge on any atom is -0.450 e. The lowest BCUT2D eigenvalue weighted by molar-refractivity contribution is 0.433. The number of hydrogen-bond donors (Lipinski definition) is 2. The Balaban J connectivity index is 1.81. The zero-order chi connectivity index (χ0) is 19.0. The van der Waals surface area contributed by atoms with Gasteiger partial charge in [-0.1, -0.05) is 30.3 Å². The van der Waals surface area contributed by atoms with Gasteiger partial charge in [0.05, 0.1) is 12.2 Å². The molecule has 1 aliphatic rings. The number of nitrogens with two attached hydrogens (primary N) is 1. The fraction of sp³-hybridized carbons (Fsp3) is 0.100. The van der Waals surface area contributed by atoms with Crippen LogP contribution < -0.4 is 15.8 Å². The van der Waals surface area contributed by atoms with Gasteiger partial charge < -0.3 is 15.8 Å². The third kappa shape index (κ3) is 3.13. The van der Waals surface area contributed by atoms with Gasteiger partial charge in [0, 0.05) is 11.6 Å². The molecular weight excluding hydrogens is 350 g/mol. The molecule has 0 aliphatic heterocycles. The Morgan fingerprint density at radius 2 is 1.93 bits per heavy atom. The molecule has 0 amide bonds. The maximum absolute atomic E-state index is 14.0. The van der Waals surface area contributed by atoms with E-state index in [-0.39, 0.29) is 23.5 Å². The number of nitrogens with zero attached hydrogens (tertiary/aromatic N) is 2. The second kappa shape index (κ2) is 6.77. The number of halogens is 2. The Bertz CT molecular complexity index is 1050. The zero-order valence-corrected chi connectivity index (χ0v) is 14.4. The van der Waals surface area contributed by atoms with Crippen LogP contribution in [0.3, 0.4) is 0 Å². The molecule has 136 valence electrons. The highest BCUT2D eigenvalue weighted by Crippen LogP contribution is 2.41. The number of aromatic nitrogens is 2. The topological polar surface area (TPSA) is 73.1 Å². The summed E-state index contributed by atoms with van der Waals surface area (Å²) in [6.07, 6.45) is 3.39. The number of likely N-dealkylation sites (N-methyl/N-ethyl adjacent to an activating group) is 1. The second-order valence-electron chi connectivity index (χ2n) is 6.05. The molecule has 0 fully saturated rings. The van der Waals surface area contributed by atoms with Crippen molar-refractivity contribution in [3.63, 3.8) is 0 Å². The van der Waals surface area contributed by atoms with Crippen molar-refractivity contribution < 1.29 is 13.5 Å². The van der Waals surface area contributed by atoms with Crippen molar-refractivity contribution >= 4 is 11.5 Å². The van der Waals surface area contributed by atoms with Crippen molar-refractivity contribution in [2.75, 3.05) is 12.8 Å². The maximum Gasteiger partial charge on any atom is 0.220 e. The molecule has 3 N–H and O–H groups in total. The molecule has 27 heavy (non-hydrogen) atoms. The van der Waals surface area contributed by atoms with E-state index in [4.69, 9.17) is 10.5 Å². The quantitative estimate of drug-likeness (QED) is 0.734. The molecule has 4 rings (SSSR count). The second-order valence-corrected chi connectivity index (χ2v) is 6.05. The zero-order valence-electron chi connectivity index (χ0n) is 14.4. The van der Waals surface area contributed by atoms with E-state index in [0.717, 1.165) is 28.8 Å². The van der Waals surface area contributed by atoms with E-state index >= 15 is 0 Å². The van der Waals surface area contributed by atoms with Crippen LogP contribution in [0, 0.1) is 11.6 Å². The summed E-state index contributed by atoms with van der Waals surface area (Å²) < 4.78 is 32.8. The minimum absolute atomic E-state index is 0.00259. The van der Waals surface area contributed by atoms with Crippen LogP contribution in [0.2, 0.25) is 0 Å². The van der Waals surface area contributed by atoms with E-state index in [9.17, 15) is 8.78 Å². The SMILES string of the molecule is CNC1C=C(c2nc(N)ncc2Oc2ccc(F)cc2F)c2ccccc21. The number of benzene rings is 2. The molecule has 0 saturated carbocycles. The molecule has 2 aromatic carbocycles. The fourth-order valence-electron chi connectivity index (χ4n) is 3.13. The Hall–Kier alpha value is -3.32. The van der Waals surface area contributed by atoms with E-state index in [2.05, 4.69) is 15.3 Å². The summed E-state index contributed by atoms with van der Waals surface area (Å²) in [7, 11) is 1.86. The van der Waals surface area contributed by atoms with Crippen LogP contribution in [-0.4, -0.2) is 17.0 Å². The summed E-state index contributed by atoms with van der Waals surface area (Å²) in [6, 6.07) is 11.0. The van der Waals surface area contributed by atoms with Crippen LogP contribution in [0.4, 0.5) is 14.7 Å². The molecule has 0 spiro atoms. The highest BCUT2D eigenvalue weighted by molar-refractivity contribution is 5.86. The number of rotatable bonds is 4. The van der Waals surface area contributed by atoms with Gasteiger partial charge in [-0.25, -0.2) is 18.7 Å². The first-order valence-electron chi connectivity index (χ1n) is 8.31. The first-order chi connectivity index (χ1) is 13.1. The monoisotopic (exact) mass is 366 g/mol. The summed E-state index contributed by atoms with van der Waals surface area (Å²) in [6.45, 7) is 0.